The van der Waals surface area contributed by atoms with Crippen LogP contribution in [0.4, 0.5) is 0 Å². The Balaban J connectivity index is 1.58. The molecule has 0 saturated carbocycles. The van der Waals surface area contributed by atoms with E-state index in [1.165, 1.54) is 5.56 Å². The fourth-order valence-electron chi connectivity index (χ4n) is 3.23. The number of carbonyl (C=O) groups is 2. The van der Waals surface area contributed by atoms with Gasteiger partial charge in [-0.3, -0.25) is 4.79 Å². The zero-order chi connectivity index (χ0) is 18.5. The van der Waals surface area contributed by atoms with E-state index in [-0.39, 0.29) is 11.5 Å². The molecule has 0 radical (unpaired) electrons. The summed E-state index contributed by atoms with van der Waals surface area (Å²) in [5.74, 6) is 0.0323. The Kier molecular flexibility index (Phi) is 5.56. The Labute approximate surface area is 153 Å². The van der Waals surface area contributed by atoms with Gasteiger partial charge in [-0.1, -0.05) is 18.2 Å². The maximum Gasteiger partial charge on any atom is 0.335 e. The number of aromatic carboxylic acids is 1. The zero-order valence-electron chi connectivity index (χ0n) is 14.9. The van der Waals surface area contributed by atoms with Crippen LogP contribution in [0.3, 0.4) is 0 Å². The molecule has 0 fully saturated rings. The SMILES string of the molecule is CCOc1ccc2c(c1)CN(C(=O)CCc1ccc(C(=O)O)cc1)CC2. The van der Waals surface area contributed by atoms with E-state index in [0.29, 0.717) is 26.0 Å². The van der Waals surface area contributed by atoms with Crippen molar-refractivity contribution in [1.82, 2.24) is 4.90 Å². The predicted molar refractivity (Wildman–Crippen MR) is 98.5 cm³/mol. The summed E-state index contributed by atoms with van der Waals surface area (Å²) in [6.07, 6.45) is 1.90. The van der Waals surface area contributed by atoms with Gasteiger partial charge in [-0.15, -0.1) is 0 Å². The number of hydrogen-bond acceptors (Lipinski definition) is 3. The summed E-state index contributed by atoms with van der Waals surface area (Å²) in [5, 5.41) is 8.93. The van der Waals surface area contributed by atoms with Crippen molar-refractivity contribution in [1.29, 1.82) is 0 Å². The summed E-state index contributed by atoms with van der Waals surface area (Å²) in [4.78, 5) is 25.3. The number of carboxylic acids is 1. The Hall–Kier alpha value is -2.82. The molecular weight excluding hydrogens is 330 g/mol. The largest absolute Gasteiger partial charge is 0.494 e. The minimum Gasteiger partial charge on any atom is -0.494 e. The molecule has 0 atom stereocenters. The van der Waals surface area contributed by atoms with Crippen LogP contribution in [0.25, 0.3) is 0 Å². The molecule has 2 aromatic rings. The van der Waals surface area contributed by atoms with Gasteiger partial charge in [0.2, 0.25) is 5.91 Å². The fraction of sp³-hybridized carbons (Fsp3) is 0.333. The predicted octanol–water partition coefficient (Wildman–Crippen LogP) is 3.30. The van der Waals surface area contributed by atoms with Crippen molar-refractivity contribution in [3.8, 4) is 5.75 Å². The van der Waals surface area contributed by atoms with E-state index in [0.717, 1.165) is 29.8 Å². The normalized spacial score (nSPS) is 13.2. The van der Waals surface area contributed by atoms with Crippen LogP contribution < -0.4 is 4.74 Å². The summed E-state index contributed by atoms with van der Waals surface area (Å²) < 4.78 is 5.55. The lowest BCUT2D eigenvalue weighted by Gasteiger charge is -2.29. The second kappa shape index (κ2) is 8.04. The highest BCUT2D eigenvalue weighted by Gasteiger charge is 2.21. The van der Waals surface area contributed by atoms with Crippen molar-refractivity contribution in [2.45, 2.75) is 32.7 Å². The van der Waals surface area contributed by atoms with Gasteiger partial charge in [-0.05, 0) is 60.7 Å². The third-order valence-electron chi connectivity index (χ3n) is 4.68. The van der Waals surface area contributed by atoms with Crippen LogP contribution in [-0.4, -0.2) is 35.0 Å². The number of nitrogens with zero attached hydrogens (tertiary/aromatic N) is 1. The summed E-state index contributed by atoms with van der Waals surface area (Å²) >= 11 is 0. The lowest BCUT2D eigenvalue weighted by Crippen LogP contribution is -2.36. The van der Waals surface area contributed by atoms with Crippen LogP contribution in [0.5, 0.6) is 5.75 Å². The Morgan fingerprint density at radius 3 is 2.58 bits per heavy atom. The lowest BCUT2D eigenvalue weighted by atomic mass is 9.98. The summed E-state index contributed by atoms with van der Waals surface area (Å²) in [5.41, 5.74) is 3.67. The molecule has 1 heterocycles. The van der Waals surface area contributed by atoms with Crippen molar-refractivity contribution < 1.29 is 19.4 Å². The van der Waals surface area contributed by atoms with Crippen molar-refractivity contribution in [2.24, 2.45) is 0 Å². The second-order valence-electron chi connectivity index (χ2n) is 6.43. The molecule has 0 bridgehead atoms. The van der Waals surface area contributed by atoms with Crippen LogP contribution >= 0.6 is 0 Å². The third kappa shape index (κ3) is 4.23. The van der Waals surface area contributed by atoms with Crippen LogP contribution in [0.2, 0.25) is 0 Å². The molecular formula is C21H23NO4. The number of carbonyl (C=O) groups excluding carboxylic acids is 1. The average Bonchev–Trinajstić information content (AvgIpc) is 2.66. The molecule has 0 unspecified atom stereocenters. The molecule has 0 saturated heterocycles. The highest BCUT2D eigenvalue weighted by atomic mass is 16.5. The highest BCUT2D eigenvalue weighted by molar-refractivity contribution is 5.87. The molecule has 5 nitrogen and oxygen atoms in total. The zero-order valence-corrected chi connectivity index (χ0v) is 14.9. The monoisotopic (exact) mass is 353 g/mol. The molecule has 136 valence electrons. The second-order valence-corrected chi connectivity index (χ2v) is 6.43. The van der Waals surface area contributed by atoms with Gasteiger partial charge in [0.1, 0.15) is 5.75 Å². The molecule has 0 aromatic heterocycles. The van der Waals surface area contributed by atoms with Gasteiger partial charge in [0, 0.05) is 19.5 Å². The van der Waals surface area contributed by atoms with Gasteiger partial charge in [-0.25, -0.2) is 4.79 Å². The topological polar surface area (TPSA) is 66.8 Å². The average molecular weight is 353 g/mol. The fourth-order valence-corrected chi connectivity index (χ4v) is 3.23. The smallest absolute Gasteiger partial charge is 0.335 e. The van der Waals surface area contributed by atoms with E-state index in [1.54, 1.807) is 24.3 Å². The quantitative estimate of drug-likeness (QED) is 0.865. The van der Waals surface area contributed by atoms with E-state index in [9.17, 15) is 9.59 Å². The Bertz CT molecular complexity index is 798. The molecule has 1 aliphatic rings. The van der Waals surface area contributed by atoms with Gasteiger partial charge in [0.25, 0.3) is 0 Å². The third-order valence-corrected chi connectivity index (χ3v) is 4.68. The van der Waals surface area contributed by atoms with Gasteiger partial charge in [-0.2, -0.15) is 0 Å². The van der Waals surface area contributed by atoms with Crippen LogP contribution in [0.15, 0.2) is 42.5 Å². The first-order valence-corrected chi connectivity index (χ1v) is 8.91. The Morgan fingerprint density at radius 1 is 1.12 bits per heavy atom. The van der Waals surface area contributed by atoms with E-state index < -0.39 is 5.97 Å². The molecule has 0 aliphatic carbocycles. The molecule has 5 heteroatoms. The summed E-state index contributed by atoms with van der Waals surface area (Å²) in [7, 11) is 0. The first-order chi connectivity index (χ1) is 12.6. The van der Waals surface area contributed by atoms with Crippen LogP contribution in [-0.2, 0) is 24.2 Å². The number of ether oxygens (including phenoxy) is 1. The summed E-state index contributed by atoms with van der Waals surface area (Å²) in [6.45, 7) is 3.94. The summed E-state index contributed by atoms with van der Waals surface area (Å²) in [6, 6.07) is 12.8. The molecule has 3 rings (SSSR count). The molecule has 2 aromatic carbocycles. The van der Waals surface area contributed by atoms with E-state index in [4.69, 9.17) is 9.84 Å². The standard InChI is InChI=1S/C21H23NO4/c1-2-26-19-9-8-16-11-12-22(14-18(16)13-19)20(23)10-5-15-3-6-17(7-4-15)21(24)25/h3-4,6-9,13H,2,5,10-12,14H2,1H3,(H,24,25). The van der Waals surface area contributed by atoms with Crippen molar-refractivity contribution >= 4 is 11.9 Å². The molecule has 1 amide bonds. The van der Waals surface area contributed by atoms with Crippen LogP contribution in [0.1, 0.15) is 40.4 Å². The maximum absolute atomic E-state index is 12.6. The van der Waals surface area contributed by atoms with E-state index in [1.807, 2.05) is 24.0 Å². The first-order valence-electron chi connectivity index (χ1n) is 8.91. The lowest BCUT2D eigenvalue weighted by molar-refractivity contribution is -0.132. The molecule has 0 spiro atoms. The number of aryl methyl sites for hydroxylation is 1. The van der Waals surface area contributed by atoms with Gasteiger partial charge in [0.15, 0.2) is 0 Å². The molecule has 1 N–H and O–H groups in total. The van der Waals surface area contributed by atoms with E-state index in [2.05, 4.69) is 6.07 Å². The minimum absolute atomic E-state index is 0.125. The van der Waals surface area contributed by atoms with Gasteiger partial charge in [0.05, 0.1) is 12.2 Å². The molecule has 26 heavy (non-hydrogen) atoms. The minimum atomic E-state index is -0.939. The highest BCUT2D eigenvalue weighted by Crippen LogP contribution is 2.24. The van der Waals surface area contributed by atoms with Crippen LogP contribution in [0, 0.1) is 0 Å². The van der Waals surface area contributed by atoms with Crippen molar-refractivity contribution in [2.75, 3.05) is 13.2 Å². The number of rotatable bonds is 6. The maximum atomic E-state index is 12.6. The molecule has 1 aliphatic heterocycles. The van der Waals surface area contributed by atoms with Gasteiger partial charge < -0.3 is 14.7 Å². The number of hydrogen-bond donors (Lipinski definition) is 1. The van der Waals surface area contributed by atoms with Gasteiger partial charge >= 0.3 is 5.97 Å². The van der Waals surface area contributed by atoms with Crippen molar-refractivity contribution in [3.05, 3.63) is 64.7 Å². The number of benzene rings is 2. The first kappa shape index (κ1) is 18.0. The number of carboxylic acid groups (broad SMARTS) is 1. The Morgan fingerprint density at radius 2 is 1.88 bits per heavy atom. The van der Waals surface area contributed by atoms with Crippen molar-refractivity contribution in [3.63, 3.8) is 0 Å². The van der Waals surface area contributed by atoms with E-state index >= 15 is 0 Å². The number of amides is 1. The number of fused-ring (bicyclic) bond motifs is 1.